The highest BCUT2D eigenvalue weighted by Gasteiger charge is 2.11. The largest absolute Gasteiger partial charge is 0.495 e. The lowest BCUT2D eigenvalue weighted by Crippen LogP contribution is -2.02. The van der Waals surface area contributed by atoms with Crippen LogP contribution in [-0.2, 0) is 0 Å². The molecule has 0 aliphatic carbocycles. The lowest BCUT2D eigenvalue weighted by Gasteiger charge is -2.16. The summed E-state index contributed by atoms with van der Waals surface area (Å²) in [5.41, 5.74) is 5.32. The van der Waals surface area contributed by atoms with Crippen LogP contribution in [0.25, 0.3) is 10.9 Å². The molecule has 0 atom stereocenters. The maximum atomic E-state index is 5.34. The molecule has 0 aliphatic rings. The van der Waals surface area contributed by atoms with Gasteiger partial charge in [0.05, 0.1) is 17.1 Å². The molecule has 0 amide bonds. The summed E-state index contributed by atoms with van der Waals surface area (Å²) in [6.45, 7) is 4.18. The summed E-state index contributed by atoms with van der Waals surface area (Å²) in [4.78, 5) is 8.75. The Morgan fingerprint density at radius 3 is 2.62 bits per heavy atom. The van der Waals surface area contributed by atoms with Crippen LogP contribution >= 0.6 is 15.9 Å². The van der Waals surface area contributed by atoms with Crippen LogP contribution in [0.4, 0.5) is 17.2 Å². The van der Waals surface area contributed by atoms with Gasteiger partial charge in [0.2, 0.25) is 0 Å². The summed E-state index contributed by atoms with van der Waals surface area (Å²) in [6, 6.07) is 8.02. The highest BCUT2D eigenvalue weighted by Crippen LogP contribution is 2.34. The van der Waals surface area contributed by atoms with E-state index in [4.69, 9.17) is 4.74 Å². The normalized spacial score (nSPS) is 10.7. The van der Waals surface area contributed by atoms with Crippen LogP contribution in [-0.4, -0.2) is 24.1 Å². The number of fused-ring (bicyclic) bond motifs is 1. The minimum absolute atomic E-state index is 0.746. The summed E-state index contributed by atoms with van der Waals surface area (Å²) in [7, 11) is 3.57. The summed E-state index contributed by atoms with van der Waals surface area (Å²) < 4.78 is 6.21. The maximum Gasteiger partial charge on any atom is 0.141 e. The molecule has 3 rings (SSSR count). The van der Waals surface area contributed by atoms with E-state index in [0.29, 0.717) is 0 Å². The molecule has 0 saturated heterocycles. The van der Waals surface area contributed by atoms with E-state index < -0.39 is 0 Å². The third-order valence-corrected chi connectivity index (χ3v) is 4.71. The first-order valence-corrected chi connectivity index (χ1v) is 8.37. The highest BCUT2D eigenvalue weighted by molar-refractivity contribution is 9.10. The molecule has 3 aromatic rings. The average Bonchev–Trinajstić information content (AvgIpc) is 2.58. The lowest BCUT2D eigenvalue weighted by molar-refractivity contribution is 0.412. The van der Waals surface area contributed by atoms with Crippen molar-refractivity contribution in [3.8, 4) is 5.75 Å². The smallest absolute Gasteiger partial charge is 0.141 e. The second-order valence-electron chi connectivity index (χ2n) is 5.53. The third kappa shape index (κ3) is 2.89. The zero-order valence-corrected chi connectivity index (χ0v) is 15.7. The molecule has 0 saturated carbocycles. The number of aryl methyl sites for hydroxylation is 1. The van der Waals surface area contributed by atoms with E-state index >= 15 is 0 Å². The predicted octanol–water partition coefficient (Wildman–Crippen LogP) is 4.80. The molecular weight excluding hydrogens is 368 g/mol. The van der Waals surface area contributed by atoms with Crippen molar-refractivity contribution in [2.45, 2.75) is 13.8 Å². The molecule has 2 N–H and O–H groups in total. The molecule has 1 heterocycles. The van der Waals surface area contributed by atoms with Gasteiger partial charge in [-0.1, -0.05) is 6.07 Å². The Hall–Kier alpha value is -2.34. The van der Waals surface area contributed by atoms with E-state index in [1.165, 1.54) is 5.56 Å². The van der Waals surface area contributed by atoms with Crippen LogP contribution < -0.4 is 15.4 Å². The van der Waals surface area contributed by atoms with Gasteiger partial charge in [0.15, 0.2) is 0 Å². The maximum absolute atomic E-state index is 5.34. The van der Waals surface area contributed by atoms with Gasteiger partial charge in [-0.15, -0.1) is 0 Å². The van der Waals surface area contributed by atoms with E-state index in [1.807, 2.05) is 19.2 Å². The summed E-state index contributed by atoms with van der Waals surface area (Å²) in [6.07, 6.45) is 1.56. The SMILES string of the molecule is CNc1c(C)ccc(Nc2ncnc3cc(OC)c(Br)cc23)c1C. The molecule has 0 unspecified atom stereocenters. The zero-order valence-electron chi connectivity index (χ0n) is 14.1. The number of hydrogen-bond acceptors (Lipinski definition) is 5. The zero-order chi connectivity index (χ0) is 17.3. The van der Waals surface area contributed by atoms with E-state index in [9.17, 15) is 0 Å². The van der Waals surface area contributed by atoms with Gasteiger partial charge >= 0.3 is 0 Å². The predicted molar refractivity (Wildman–Crippen MR) is 103 cm³/mol. The number of methoxy groups -OCH3 is 1. The van der Waals surface area contributed by atoms with E-state index in [0.717, 1.165) is 43.9 Å². The summed E-state index contributed by atoms with van der Waals surface area (Å²) >= 11 is 3.53. The van der Waals surface area contributed by atoms with Crippen LogP contribution in [0.5, 0.6) is 5.75 Å². The third-order valence-electron chi connectivity index (χ3n) is 4.09. The number of nitrogens with zero attached hydrogens (tertiary/aromatic N) is 2. The van der Waals surface area contributed by atoms with Crippen molar-refractivity contribution in [3.63, 3.8) is 0 Å². The number of halogens is 1. The van der Waals surface area contributed by atoms with Gasteiger partial charge in [-0.3, -0.25) is 0 Å². The van der Waals surface area contributed by atoms with Gasteiger partial charge in [0.1, 0.15) is 17.9 Å². The standard InChI is InChI=1S/C18H19BrN4O/c1-10-5-6-14(11(2)17(10)20-3)23-18-12-7-13(19)16(24-4)8-15(12)21-9-22-18/h5-9,20H,1-4H3,(H,21,22,23). The quantitative estimate of drug-likeness (QED) is 0.673. The van der Waals surface area contributed by atoms with E-state index in [1.54, 1.807) is 13.4 Å². The molecule has 1 aromatic heterocycles. The number of hydrogen-bond donors (Lipinski definition) is 2. The van der Waals surface area contributed by atoms with Crippen molar-refractivity contribution < 1.29 is 4.74 Å². The Kier molecular flexibility index (Phi) is 4.57. The number of benzene rings is 2. The van der Waals surface area contributed by atoms with Crippen LogP contribution in [0.3, 0.4) is 0 Å². The molecule has 124 valence electrons. The van der Waals surface area contributed by atoms with Crippen molar-refractivity contribution in [2.75, 3.05) is 24.8 Å². The van der Waals surface area contributed by atoms with Crippen molar-refractivity contribution in [1.29, 1.82) is 0 Å². The molecule has 0 spiro atoms. The van der Waals surface area contributed by atoms with Gasteiger partial charge in [0.25, 0.3) is 0 Å². The molecule has 0 radical (unpaired) electrons. The van der Waals surface area contributed by atoms with Crippen LogP contribution in [0.2, 0.25) is 0 Å². The van der Waals surface area contributed by atoms with Gasteiger partial charge in [-0.2, -0.15) is 0 Å². The fourth-order valence-electron chi connectivity index (χ4n) is 2.81. The van der Waals surface area contributed by atoms with Gasteiger partial charge < -0.3 is 15.4 Å². The molecule has 0 aliphatic heterocycles. The second-order valence-corrected chi connectivity index (χ2v) is 6.39. The molecular formula is C18H19BrN4O. The fourth-order valence-corrected chi connectivity index (χ4v) is 3.31. The minimum atomic E-state index is 0.746. The molecule has 2 aromatic carbocycles. The van der Waals surface area contributed by atoms with Crippen molar-refractivity contribution in [2.24, 2.45) is 0 Å². The first-order valence-electron chi connectivity index (χ1n) is 7.58. The number of ether oxygens (including phenoxy) is 1. The number of aromatic nitrogens is 2. The van der Waals surface area contributed by atoms with Crippen LogP contribution in [0, 0.1) is 13.8 Å². The van der Waals surface area contributed by atoms with Crippen LogP contribution in [0.15, 0.2) is 35.1 Å². The molecule has 6 heteroatoms. The van der Waals surface area contributed by atoms with E-state index in [-0.39, 0.29) is 0 Å². The minimum Gasteiger partial charge on any atom is -0.495 e. The topological polar surface area (TPSA) is 59.1 Å². The molecule has 24 heavy (non-hydrogen) atoms. The summed E-state index contributed by atoms with van der Waals surface area (Å²) in [5.74, 6) is 1.51. The van der Waals surface area contributed by atoms with Gasteiger partial charge in [0, 0.05) is 29.9 Å². The first-order chi connectivity index (χ1) is 11.5. The lowest BCUT2D eigenvalue weighted by atomic mass is 10.1. The highest BCUT2D eigenvalue weighted by atomic mass is 79.9. The Morgan fingerprint density at radius 2 is 1.92 bits per heavy atom. The Morgan fingerprint density at radius 1 is 1.12 bits per heavy atom. The summed E-state index contributed by atoms with van der Waals surface area (Å²) in [5, 5.41) is 7.61. The van der Waals surface area contributed by atoms with Crippen molar-refractivity contribution in [3.05, 3.63) is 46.2 Å². The van der Waals surface area contributed by atoms with Crippen molar-refractivity contribution >= 4 is 44.0 Å². The van der Waals surface area contributed by atoms with Crippen molar-refractivity contribution in [1.82, 2.24) is 9.97 Å². The van der Waals surface area contributed by atoms with Gasteiger partial charge in [-0.05, 0) is 53.0 Å². The Bertz CT molecular complexity index is 911. The molecule has 0 bridgehead atoms. The van der Waals surface area contributed by atoms with Gasteiger partial charge in [-0.25, -0.2) is 9.97 Å². The first kappa shape index (κ1) is 16.5. The second kappa shape index (κ2) is 6.65. The Balaban J connectivity index is 2.10. The monoisotopic (exact) mass is 386 g/mol. The number of rotatable bonds is 4. The fraction of sp³-hybridized carbons (Fsp3) is 0.222. The molecule has 5 nitrogen and oxygen atoms in total. The average molecular weight is 387 g/mol. The Labute approximate surface area is 149 Å². The number of nitrogens with one attached hydrogen (secondary N) is 2. The van der Waals surface area contributed by atoms with Crippen LogP contribution in [0.1, 0.15) is 11.1 Å². The molecule has 0 fully saturated rings. The van der Waals surface area contributed by atoms with E-state index in [2.05, 4.69) is 62.5 Å². The number of anilines is 3.